The van der Waals surface area contributed by atoms with Crippen LogP contribution in [0.2, 0.25) is 0 Å². The summed E-state index contributed by atoms with van der Waals surface area (Å²) in [7, 11) is 1.24. The Morgan fingerprint density at radius 2 is 2.06 bits per heavy atom. The molecule has 0 fully saturated rings. The number of hydrogen-bond acceptors (Lipinski definition) is 6. The largest absolute Gasteiger partial charge is 0.467 e. The molecule has 172 valence electrons. The van der Waals surface area contributed by atoms with Crippen LogP contribution in [0, 0.1) is 9.52 Å². The van der Waals surface area contributed by atoms with Crippen LogP contribution in [0.15, 0.2) is 17.5 Å². The molecular formula is C22H25FIN3O4S. The average molecular weight is 573 g/mol. The lowest BCUT2D eigenvalue weighted by Crippen LogP contribution is -2.45. The van der Waals surface area contributed by atoms with Crippen molar-refractivity contribution < 1.29 is 23.5 Å². The molecule has 7 nitrogen and oxygen atoms in total. The maximum atomic E-state index is 15.3. The number of alkyl carbamates (subject to hydrolysis) is 1. The number of amides is 1. The Morgan fingerprint density at radius 3 is 2.69 bits per heavy atom. The molecule has 0 unspecified atom stereocenters. The number of thiazole rings is 1. The summed E-state index contributed by atoms with van der Waals surface area (Å²) in [6.45, 7) is 7.22. The first-order valence-corrected chi connectivity index (χ1v) is 12.0. The summed E-state index contributed by atoms with van der Waals surface area (Å²) in [6, 6.07) is 2.64. The van der Waals surface area contributed by atoms with E-state index < -0.39 is 23.7 Å². The SMILES string of the molecule is CCc1c(I)[nH]c2c(F)c(-c3csc(C[C@H](NC(=O)OC(C)(C)C)C(=O)OC)n3)ccc12. The standard InChI is InChI=1S/C22H25FIN3O4S/c1-6-11-12-7-8-13(17(23)18(12)27-19(11)24)15-10-32-16(25-15)9-14(20(28)30-5)26-21(29)31-22(2,3)4/h7-8,10,14,27H,6,9H2,1-5H3,(H,26,29)/t14-/m0/s1. The molecule has 2 N–H and O–H groups in total. The fourth-order valence-electron chi connectivity index (χ4n) is 3.28. The van der Waals surface area contributed by atoms with Gasteiger partial charge in [0.15, 0.2) is 5.82 Å². The zero-order valence-electron chi connectivity index (χ0n) is 18.5. The number of fused-ring (bicyclic) bond motifs is 1. The molecule has 0 aliphatic heterocycles. The number of benzene rings is 1. The van der Waals surface area contributed by atoms with Gasteiger partial charge < -0.3 is 19.8 Å². The Morgan fingerprint density at radius 1 is 1.34 bits per heavy atom. The van der Waals surface area contributed by atoms with Crippen molar-refractivity contribution in [2.45, 2.75) is 52.2 Å². The maximum absolute atomic E-state index is 15.3. The van der Waals surface area contributed by atoms with Crippen LogP contribution in [0.25, 0.3) is 22.2 Å². The molecule has 2 heterocycles. The third-order valence-electron chi connectivity index (χ3n) is 4.70. The van der Waals surface area contributed by atoms with Crippen LogP contribution in [0.1, 0.15) is 38.3 Å². The number of ether oxygens (including phenoxy) is 2. The number of nitrogens with zero attached hydrogens (tertiary/aromatic N) is 1. The minimum absolute atomic E-state index is 0.0980. The molecule has 0 aliphatic carbocycles. The number of nitrogens with one attached hydrogen (secondary N) is 2. The van der Waals surface area contributed by atoms with E-state index in [1.165, 1.54) is 18.4 Å². The lowest BCUT2D eigenvalue weighted by molar-refractivity contribution is -0.143. The van der Waals surface area contributed by atoms with Crippen LogP contribution in [0.5, 0.6) is 0 Å². The van der Waals surface area contributed by atoms with Gasteiger partial charge in [-0.05, 0) is 61.4 Å². The fraction of sp³-hybridized carbons (Fsp3) is 0.409. The van der Waals surface area contributed by atoms with Gasteiger partial charge in [0, 0.05) is 22.8 Å². The fourth-order valence-corrected chi connectivity index (χ4v) is 5.07. The minimum atomic E-state index is -0.974. The third-order valence-corrected chi connectivity index (χ3v) is 6.50. The second kappa shape index (κ2) is 9.74. The van der Waals surface area contributed by atoms with Gasteiger partial charge in [0.25, 0.3) is 0 Å². The van der Waals surface area contributed by atoms with E-state index in [0.717, 1.165) is 21.1 Å². The predicted octanol–water partition coefficient (Wildman–Crippen LogP) is 5.21. The van der Waals surface area contributed by atoms with Gasteiger partial charge in [0.1, 0.15) is 11.6 Å². The maximum Gasteiger partial charge on any atom is 0.408 e. The monoisotopic (exact) mass is 573 g/mol. The normalized spacial score (nSPS) is 12.6. The smallest absolute Gasteiger partial charge is 0.408 e. The van der Waals surface area contributed by atoms with Crippen LogP contribution >= 0.6 is 33.9 Å². The lowest BCUT2D eigenvalue weighted by atomic mass is 10.1. The molecular weight excluding hydrogens is 548 g/mol. The number of aryl methyl sites for hydroxylation is 1. The number of hydrogen-bond donors (Lipinski definition) is 2. The molecule has 0 saturated heterocycles. The summed E-state index contributed by atoms with van der Waals surface area (Å²) in [5.41, 5.74) is 1.67. The number of aromatic nitrogens is 2. The van der Waals surface area contributed by atoms with Gasteiger partial charge in [0.2, 0.25) is 0 Å². The van der Waals surface area contributed by atoms with Gasteiger partial charge in [-0.2, -0.15) is 0 Å². The van der Waals surface area contributed by atoms with E-state index in [2.05, 4.69) is 37.9 Å². The number of aromatic amines is 1. The summed E-state index contributed by atoms with van der Waals surface area (Å²) < 4.78 is 26.2. The van der Waals surface area contributed by atoms with Crippen LogP contribution in [-0.2, 0) is 27.1 Å². The zero-order chi connectivity index (χ0) is 23.6. The highest BCUT2D eigenvalue weighted by Gasteiger charge is 2.27. The molecule has 0 spiro atoms. The summed E-state index contributed by atoms with van der Waals surface area (Å²) in [5.74, 6) is -0.985. The quantitative estimate of drug-likeness (QED) is 0.312. The summed E-state index contributed by atoms with van der Waals surface area (Å²) in [4.78, 5) is 31.9. The number of methoxy groups -OCH3 is 1. The Hall–Kier alpha value is -2.21. The van der Waals surface area contributed by atoms with E-state index in [1.54, 1.807) is 32.2 Å². The van der Waals surface area contributed by atoms with Gasteiger partial charge >= 0.3 is 12.1 Å². The minimum Gasteiger partial charge on any atom is -0.467 e. The van der Waals surface area contributed by atoms with Crippen LogP contribution in [-0.4, -0.2) is 40.8 Å². The number of carbonyl (C=O) groups excluding carboxylic acids is 2. The number of esters is 1. The van der Waals surface area contributed by atoms with Crippen molar-refractivity contribution in [1.29, 1.82) is 0 Å². The molecule has 1 atom stereocenters. The Kier molecular flexibility index (Phi) is 7.43. The van der Waals surface area contributed by atoms with Crippen molar-refractivity contribution in [2.75, 3.05) is 7.11 Å². The van der Waals surface area contributed by atoms with Crippen molar-refractivity contribution in [2.24, 2.45) is 0 Å². The first kappa shape index (κ1) is 24.4. The molecule has 0 saturated carbocycles. The number of H-pyrrole nitrogens is 1. The van der Waals surface area contributed by atoms with E-state index in [4.69, 9.17) is 9.47 Å². The van der Waals surface area contributed by atoms with Crippen molar-refractivity contribution in [3.05, 3.63) is 37.6 Å². The Bertz CT molecular complexity index is 1150. The molecule has 10 heteroatoms. The first-order valence-electron chi connectivity index (χ1n) is 10.0. The van der Waals surface area contributed by atoms with Gasteiger partial charge in [0.05, 0.1) is 27.0 Å². The topological polar surface area (TPSA) is 93.3 Å². The van der Waals surface area contributed by atoms with Gasteiger partial charge in [-0.15, -0.1) is 11.3 Å². The second-order valence-electron chi connectivity index (χ2n) is 8.17. The van der Waals surface area contributed by atoms with E-state index in [1.807, 2.05) is 13.0 Å². The van der Waals surface area contributed by atoms with Gasteiger partial charge in [-0.25, -0.2) is 19.0 Å². The highest BCUT2D eigenvalue weighted by molar-refractivity contribution is 14.1. The lowest BCUT2D eigenvalue weighted by Gasteiger charge is -2.22. The molecule has 1 amide bonds. The molecule has 0 aliphatic rings. The Balaban J connectivity index is 1.84. The van der Waals surface area contributed by atoms with Crippen molar-refractivity contribution in [3.8, 4) is 11.3 Å². The molecule has 3 aromatic rings. The van der Waals surface area contributed by atoms with E-state index in [9.17, 15) is 9.59 Å². The average Bonchev–Trinajstić information content (AvgIpc) is 3.29. The van der Waals surface area contributed by atoms with E-state index in [0.29, 0.717) is 21.8 Å². The molecule has 0 radical (unpaired) electrons. The number of rotatable bonds is 6. The third kappa shape index (κ3) is 5.40. The number of carbonyl (C=O) groups is 2. The summed E-state index contributed by atoms with van der Waals surface area (Å²) >= 11 is 3.45. The highest BCUT2D eigenvalue weighted by atomic mass is 127. The second-order valence-corrected chi connectivity index (χ2v) is 10.2. The van der Waals surface area contributed by atoms with Gasteiger partial charge in [-0.3, -0.25) is 0 Å². The Labute approximate surface area is 203 Å². The van der Waals surface area contributed by atoms with E-state index in [-0.39, 0.29) is 12.2 Å². The predicted molar refractivity (Wildman–Crippen MR) is 130 cm³/mol. The van der Waals surface area contributed by atoms with Crippen LogP contribution in [0.4, 0.5) is 9.18 Å². The van der Waals surface area contributed by atoms with Crippen molar-refractivity contribution in [1.82, 2.24) is 15.3 Å². The zero-order valence-corrected chi connectivity index (χ0v) is 21.4. The molecule has 2 aromatic heterocycles. The summed E-state index contributed by atoms with van der Waals surface area (Å²) in [5, 5.41) is 5.67. The molecule has 3 rings (SSSR count). The van der Waals surface area contributed by atoms with Crippen LogP contribution in [0.3, 0.4) is 0 Å². The van der Waals surface area contributed by atoms with Crippen molar-refractivity contribution in [3.63, 3.8) is 0 Å². The highest BCUT2D eigenvalue weighted by Crippen LogP contribution is 2.33. The molecule has 1 aromatic carbocycles. The number of halogens is 2. The van der Waals surface area contributed by atoms with Gasteiger partial charge in [-0.1, -0.05) is 13.0 Å². The molecule has 0 bridgehead atoms. The summed E-state index contributed by atoms with van der Waals surface area (Å²) in [6.07, 6.45) is 0.174. The van der Waals surface area contributed by atoms with Crippen molar-refractivity contribution >= 4 is 56.9 Å². The van der Waals surface area contributed by atoms with Crippen LogP contribution < -0.4 is 5.32 Å². The molecule has 32 heavy (non-hydrogen) atoms. The first-order chi connectivity index (χ1) is 15.0. The van der Waals surface area contributed by atoms with E-state index >= 15 is 4.39 Å².